The molecule has 0 spiro atoms. The van der Waals surface area contributed by atoms with E-state index in [1.165, 1.54) is 0 Å². The SMILES string of the molecule is Cn1c(C(C)(C)O)nc2c(CN)cccc21. The summed E-state index contributed by atoms with van der Waals surface area (Å²) in [5.41, 5.74) is 7.61. The summed E-state index contributed by atoms with van der Waals surface area (Å²) in [5, 5.41) is 10.0. The first-order valence-corrected chi connectivity index (χ1v) is 5.32. The fourth-order valence-corrected chi connectivity index (χ4v) is 1.98. The molecule has 0 aliphatic rings. The molecule has 1 aromatic heterocycles. The standard InChI is InChI=1S/C12H17N3O/c1-12(2,16)11-14-10-8(7-13)5-4-6-9(10)15(11)3/h4-6,16H,7,13H2,1-3H3. The number of aromatic nitrogens is 2. The monoisotopic (exact) mass is 219 g/mol. The summed E-state index contributed by atoms with van der Waals surface area (Å²) >= 11 is 0. The molecular formula is C12H17N3O. The van der Waals surface area contributed by atoms with E-state index in [9.17, 15) is 5.11 Å². The molecular weight excluding hydrogens is 202 g/mol. The minimum atomic E-state index is -0.945. The van der Waals surface area contributed by atoms with Gasteiger partial charge in [0.25, 0.3) is 0 Å². The fraction of sp³-hybridized carbons (Fsp3) is 0.417. The van der Waals surface area contributed by atoms with Crippen molar-refractivity contribution < 1.29 is 5.11 Å². The second-order valence-corrected chi connectivity index (χ2v) is 4.54. The topological polar surface area (TPSA) is 64.1 Å². The van der Waals surface area contributed by atoms with Crippen LogP contribution in [0.25, 0.3) is 11.0 Å². The molecule has 2 rings (SSSR count). The average molecular weight is 219 g/mol. The quantitative estimate of drug-likeness (QED) is 0.799. The van der Waals surface area contributed by atoms with Gasteiger partial charge >= 0.3 is 0 Å². The van der Waals surface area contributed by atoms with Gasteiger partial charge < -0.3 is 15.4 Å². The van der Waals surface area contributed by atoms with Gasteiger partial charge in [0, 0.05) is 13.6 Å². The van der Waals surface area contributed by atoms with Gasteiger partial charge in [0.15, 0.2) is 0 Å². The Morgan fingerprint density at radius 3 is 2.69 bits per heavy atom. The number of nitrogens with two attached hydrogens (primary N) is 1. The molecule has 4 nitrogen and oxygen atoms in total. The van der Waals surface area contributed by atoms with Crippen LogP contribution in [0.4, 0.5) is 0 Å². The fourth-order valence-electron chi connectivity index (χ4n) is 1.98. The second-order valence-electron chi connectivity index (χ2n) is 4.54. The number of imidazole rings is 1. The van der Waals surface area contributed by atoms with E-state index in [0.717, 1.165) is 16.6 Å². The predicted molar refractivity (Wildman–Crippen MR) is 63.9 cm³/mol. The summed E-state index contributed by atoms with van der Waals surface area (Å²) in [6.45, 7) is 3.92. The summed E-state index contributed by atoms with van der Waals surface area (Å²) in [6, 6.07) is 5.90. The van der Waals surface area contributed by atoms with Crippen LogP contribution in [-0.4, -0.2) is 14.7 Å². The maximum atomic E-state index is 10.0. The van der Waals surface area contributed by atoms with Crippen molar-refractivity contribution in [1.29, 1.82) is 0 Å². The van der Waals surface area contributed by atoms with Gasteiger partial charge in [-0.15, -0.1) is 0 Å². The van der Waals surface area contributed by atoms with E-state index in [1.54, 1.807) is 13.8 Å². The van der Waals surface area contributed by atoms with E-state index in [0.29, 0.717) is 12.4 Å². The van der Waals surface area contributed by atoms with E-state index in [1.807, 2.05) is 29.8 Å². The van der Waals surface area contributed by atoms with Crippen LogP contribution in [0.3, 0.4) is 0 Å². The number of aryl methyl sites for hydroxylation is 1. The molecule has 0 bridgehead atoms. The Hall–Kier alpha value is -1.39. The lowest BCUT2D eigenvalue weighted by Gasteiger charge is -2.16. The number of hydrogen-bond acceptors (Lipinski definition) is 3. The zero-order chi connectivity index (χ0) is 11.9. The lowest BCUT2D eigenvalue weighted by Crippen LogP contribution is -2.20. The first kappa shape index (κ1) is 11.1. The third kappa shape index (κ3) is 1.60. The van der Waals surface area contributed by atoms with E-state index in [4.69, 9.17) is 5.73 Å². The largest absolute Gasteiger partial charge is 0.383 e. The Labute approximate surface area is 94.7 Å². The van der Waals surface area contributed by atoms with Crippen molar-refractivity contribution in [2.75, 3.05) is 0 Å². The maximum Gasteiger partial charge on any atom is 0.141 e. The number of hydrogen-bond donors (Lipinski definition) is 2. The molecule has 0 radical (unpaired) electrons. The first-order valence-electron chi connectivity index (χ1n) is 5.32. The molecule has 0 amide bonds. The van der Waals surface area contributed by atoms with Crippen LogP contribution < -0.4 is 5.73 Å². The van der Waals surface area contributed by atoms with E-state index < -0.39 is 5.60 Å². The zero-order valence-corrected chi connectivity index (χ0v) is 9.86. The molecule has 0 saturated carbocycles. The highest BCUT2D eigenvalue weighted by Crippen LogP contribution is 2.25. The van der Waals surface area contributed by atoms with Gasteiger partial charge in [-0.25, -0.2) is 4.98 Å². The summed E-state index contributed by atoms with van der Waals surface area (Å²) in [5.74, 6) is 0.656. The van der Waals surface area contributed by atoms with Crippen molar-refractivity contribution >= 4 is 11.0 Å². The van der Waals surface area contributed by atoms with Crippen LogP contribution in [0, 0.1) is 0 Å². The third-order valence-corrected chi connectivity index (χ3v) is 2.76. The Bertz CT molecular complexity index is 523. The molecule has 16 heavy (non-hydrogen) atoms. The molecule has 0 unspecified atom stereocenters. The highest BCUT2D eigenvalue weighted by atomic mass is 16.3. The molecule has 0 aliphatic heterocycles. The maximum absolute atomic E-state index is 10.0. The van der Waals surface area contributed by atoms with Crippen molar-refractivity contribution in [1.82, 2.24) is 9.55 Å². The van der Waals surface area contributed by atoms with Gasteiger partial charge in [-0.3, -0.25) is 0 Å². The number of para-hydroxylation sites is 1. The van der Waals surface area contributed by atoms with Gasteiger partial charge in [0.1, 0.15) is 11.4 Å². The Balaban J connectivity index is 2.77. The van der Waals surface area contributed by atoms with Crippen LogP contribution in [0.1, 0.15) is 25.2 Å². The van der Waals surface area contributed by atoms with Crippen molar-refractivity contribution in [3.63, 3.8) is 0 Å². The second kappa shape index (κ2) is 3.57. The summed E-state index contributed by atoms with van der Waals surface area (Å²) in [7, 11) is 1.91. The molecule has 0 saturated heterocycles. The average Bonchev–Trinajstić information content (AvgIpc) is 2.56. The van der Waals surface area contributed by atoms with Crippen LogP contribution in [0.5, 0.6) is 0 Å². The minimum Gasteiger partial charge on any atom is -0.383 e. The first-order chi connectivity index (χ1) is 7.45. The normalized spacial score (nSPS) is 12.3. The number of rotatable bonds is 2. The molecule has 3 N–H and O–H groups in total. The molecule has 0 fully saturated rings. The third-order valence-electron chi connectivity index (χ3n) is 2.76. The van der Waals surface area contributed by atoms with Crippen LogP contribution in [-0.2, 0) is 19.2 Å². The van der Waals surface area contributed by atoms with E-state index in [2.05, 4.69) is 4.98 Å². The molecule has 0 atom stereocenters. The Kier molecular flexibility index (Phi) is 2.48. The molecule has 0 aliphatic carbocycles. The molecule has 86 valence electrons. The molecule has 2 aromatic rings. The summed E-state index contributed by atoms with van der Waals surface area (Å²) < 4.78 is 1.91. The Morgan fingerprint density at radius 1 is 1.44 bits per heavy atom. The predicted octanol–water partition coefficient (Wildman–Crippen LogP) is 1.26. The smallest absolute Gasteiger partial charge is 0.141 e. The van der Waals surface area contributed by atoms with Crippen LogP contribution in [0.2, 0.25) is 0 Å². The number of aliphatic hydroxyl groups is 1. The Morgan fingerprint density at radius 2 is 2.12 bits per heavy atom. The summed E-state index contributed by atoms with van der Waals surface area (Å²) in [4.78, 5) is 4.49. The van der Waals surface area contributed by atoms with Gasteiger partial charge in [-0.05, 0) is 25.5 Å². The highest BCUT2D eigenvalue weighted by Gasteiger charge is 2.23. The minimum absolute atomic E-state index is 0.458. The van der Waals surface area contributed by atoms with Crippen molar-refractivity contribution in [2.24, 2.45) is 12.8 Å². The molecule has 4 heteroatoms. The van der Waals surface area contributed by atoms with Crippen molar-refractivity contribution in [3.05, 3.63) is 29.6 Å². The van der Waals surface area contributed by atoms with Gasteiger partial charge in [-0.1, -0.05) is 12.1 Å². The highest BCUT2D eigenvalue weighted by molar-refractivity contribution is 5.79. The van der Waals surface area contributed by atoms with Crippen LogP contribution in [0.15, 0.2) is 18.2 Å². The molecule has 1 heterocycles. The molecule has 1 aromatic carbocycles. The van der Waals surface area contributed by atoms with Gasteiger partial charge in [-0.2, -0.15) is 0 Å². The lowest BCUT2D eigenvalue weighted by atomic mass is 10.1. The van der Waals surface area contributed by atoms with Crippen LogP contribution >= 0.6 is 0 Å². The van der Waals surface area contributed by atoms with Crippen molar-refractivity contribution in [3.8, 4) is 0 Å². The zero-order valence-electron chi connectivity index (χ0n) is 9.86. The van der Waals surface area contributed by atoms with E-state index in [-0.39, 0.29) is 0 Å². The van der Waals surface area contributed by atoms with Gasteiger partial charge in [0.05, 0.1) is 11.0 Å². The van der Waals surface area contributed by atoms with Gasteiger partial charge in [0.2, 0.25) is 0 Å². The lowest BCUT2D eigenvalue weighted by molar-refractivity contribution is 0.0663. The summed E-state index contributed by atoms with van der Waals surface area (Å²) in [6.07, 6.45) is 0. The number of benzene rings is 1. The number of nitrogens with zero attached hydrogens (tertiary/aromatic N) is 2. The van der Waals surface area contributed by atoms with Crippen molar-refractivity contribution in [2.45, 2.75) is 26.0 Å². The number of fused-ring (bicyclic) bond motifs is 1. The van der Waals surface area contributed by atoms with E-state index >= 15 is 0 Å².